The smallest absolute Gasteiger partial charge is 0.254 e. The Kier molecular flexibility index (Phi) is 8.00. The van der Waals surface area contributed by atoms with Crippen molar-refractivity contribution in [1.29, 1.82) is 0 Å². The first-order valence-corrected chi connectivity index (χ1v) is 11.8. The van der Waals surface area contributed by atoms with Gasteiger partial charge in [-0.3, -0.25) is 4.79 Å². The number of rotatable bonds is 10. The minimum atomic E-state index is -4.13. The number of hydrogen-bond acceptors (Lipinski definition) is 5. The SMILES string of the molecule is C=CCNS(=O)(=O)c1cc(C(=O)N(Cc2cccc(OC)c2)CC2CCCO2)ccc1F. The number of amides is 1. The first kappa shape index (κ1) is 23.9. The van der Waals surface area contributed by atoms with Gasteiger partial charge in [0.2, 0.25) is 10.0 Å². The van der Waals surface area contributed by atoms with Crippen LogP contribution in [-0.4, -0.2) is 52.1 Å². The van der Waals surface area contributed by atoms with Gasteiger partial charge < -0.3 is 14.4 Å². The van der Waals surface area contributed by atoms with E-state index in [4.69, 9.17) is 9.47 Å². The Hall–Kier alpha value is -2.75. The molecule has 1 atom stereocenters. The van der Waals surface area contributed by atoms with Crippen LogP contribution in [0.2, 0.25) is 0 Å². The molecule has 0 aliphatic carbocycles. The monoisotopic (exact) mass is 462 g/mol. The van der Waals surface area contributed by atoms with Crippen molar-refractivity contribution in [2.75, 3.05) is 26.8 Å². The van der Waals surface area contributed by atoms with Crippen molar-refractivity contribution in [3.05, 3.63) is 72.1 Å². The number of carbonyl (C=O) groups is 1. The molecule has 1 heterocycles. The summed E-state index contributed by atoms with van der Waals surface area (Å²) in [7, 11) is -2.57. The lowest BCUT2D eigenvalue weighted by molar-refractivity contribution is 0.0507. The second-order valence-corrected chi connectivity index (χ2v) is 9.19. The molecule has 172 valence electrons. The Balaban J connectivity index is 1.91. The number of carbonyl (C=O) groups excluding carboxylic acids is 1. The van der Waals surface area contributed by atoms with E-state index in [-0.39, 0.29) is 24.8 Å². The van der Waals surface area contributed by atoms with Gasteiger partial charge in [-0.05, 0) is 48.7 Å². The number of sulfonamides is 1. The average molecular weight is 463 g/mol. The van der Waals surface area contributed by atoms with E-state index in [9.17, 15) is 17.6 Å². The van der Waals surface area contributed by atoms with Gasteiger partial charge in [-0.25, -0.2) is 17.5 Å². The normalized spacial score (nSPS) is 16.0. The predicted octanol–water partition coefficient (Wildman–Crippen LogP) is 3.12. The molecule has 1 saturated heterocycles. The Morgan fingerprint density at radius 3 is 2.84 bits per heavy atom. The molecule has 0 radical (unpaired) electrons. The molecule has 0 bridgehead atoms. The van der Waals surface area contributed by atoms with Gasteiger partial charge in [-0.2, -0.15) is 0 Å². The molecule has 32 heavy (non-hydrogen) atoms. The third-order valence-electron chi connectivity index (χ3n) is 5.13. The van der Waals surface area contributed by atoms with Gasteiger partial charge in [0, 0.05) is 31.8 Å². The van der Waals surface area contributed by atoms with Gasteiger partial charge in [0.15, 0.2) is 0 Å². The summed E-state index contributed by atoms with van der Waals surface area (Å²) in [5.41, 5.74) is 0.921. The number of ether oxygens (including phenoxy) is 2. The van der Waals surface area contributed by atoms with Gasteiger partial charge in [0.1, 0.15) is 16.5 Å². The molecule has 3 rings (SSSR count). The van der Waals surface area contributed by atoms with Gasteiger partial charge in [0.05, 0.1) is 13.2 Å². The molecule has 1 N–H and O–H groups in total. The van der Waals surface area contributed by atoms with Crippen molar-refractivity contribution in [1.82, 2.24) is 9.62 Å². The maximum atomic E-state index is 14.3. The van der Waals surface area contributed by atoms with Crippen LogP contribution in [0.25, 0.3) is 0 Å². The Morgan fingerprint density at radius 1 is 1.34 bits per heavy atom. The van der Waals surface area contributed by atoms with Crippen molar-refractivity contribution < 1.29 is 27.1 Å². The highest BCUT2D eigenvalue weighted by Crippen LogP contribution is 2.22. The van der Waals surface area contributed by atoms with Crippen LogP contribution in [0.1, 0.15) is 28.8 Å². The zero-order valence-electron chi connectivity index (χ0n) is 17.9. The van der Waals surface area contributed by atoms with Crippen LogP contribution in [-0.2, 0) is 21.3 Å². The van der Waals surface area contributed by atoms with E-state index >= 15 is 0 Å². The number of nitrogens with one attached hydrogen (secondary N) is 1. The van der Waals surface area contributed by atoms with Crippen LogP contribution in [0.3, 0.4) is 0 Å². The molecule has 1 aliphatic heterocycles. The minimum Gasteiger partial charge on any atom is -0.497 e. The summed E-state index contributed by atoms with van der Waals surface area (Å²) in [5, 5.41) is 0. The van der Waals surface area contributed by atoms with Crippen molar-refractivity contribution in [3.8, 4) is 5.75 Å². The molecule has 2 aromatic carbocycles. The van der Waals surface area contributed by atoms with E-state index in [1.165, 1.54) is 12.1 Å². The van der Waals surface area contributed by atoms with Crippen molar-refractivity contribution >= 4 is 15.9 Å². The highest BCUT2D eigenvalue weighted by atomic mass is 32.2. The summed E-state index contributed by atoms with van der Waals surface area (Å²) >= 11 is 0. The average Bonchev–Trinajstić information content (AvgIpc) is 3.30. The van der Waals surface area contributed by atoms with Gasteiger partial charge in [-0.15, -0.1) is 6.58 Å². The van der Waals surface area contributed by atoms with Crippen LogP contribution < -0.4 is 9.46 Å². The minimum absolute atomic E-state index is 0.0546. The lowest BCUT2D eigenvalue weighted by Gasteiger charge is -2.26. The van der Waals surface area contributed by atoms with E-state index in [0.717, 1.165) is 30.5 Å². The molecule has 2 aromatic rings. The van der Waals surface area contributed by atoms with E-state index in [1.807, 2.05) is 24.3 Å². The standard InChI is InChI=1S/C23H27FN2O5S/c1-3-11-25-32(28,29)22-14-18(9-10-21(22)24)23(27)26(16-20-8-5-12-31-20)15-17-6-4-7-19(13-17)30-2/h3-4,6-7,9-10,13-14,20,25H,1,5,8,11-12,15-16H2,2H3. The molecule has 1 aliphatic rings. The first-order chi connectivity index (χ1) is 15.3. The quantitative estimate of drug-likeness (QED) is 0.549. The molecule has 0 aromatic heterocycles. The van der Waals surface area contributed by atoms with E-state index < -0.39 is 26.6 Å². The zero-order chi connectivity index (χ0) is 23.1. The van der Waals surface area contributed by atoms with Gasteiger partial charge in [0.25, 0.3) is 5.91 Å². The zero-order valence-corrected chi connectivity index (χ0v) is 18.7. The predicted molar refractivity (Wildman–Crippen MR) is 118 cm³/mol. The lowest BCUT2D eigenvalue weighted by Crippen LogP contribution is -2.37. The maximum Gasteiger partial charge on any atom is 0.254 e. The Labute approximate surface area is 187 Å². The molecule has 1 fully saturated rings. The second-order valence-electron chi connectivity index (χ2n) is 7.46. The van der Waals surface area contributed by atoms with Gasteiger partial charge >= 0.3 is 0 Å². The summed E-state index contributed by atoms with van der Waals surface area (Å²) in [6.45, 7) is 4.64. The van der Waals surface area contributed by atoms with Crippen molar-refractivity contribution in [3.63, 3.8) is 0 Å². The molecule has 9 heteroatoms. The highest BCUT2D eigenvalue weighted by molar-refractivity contribution is 7.89. The van der Waals surface area contributed by atoms with Crippen LogP contribution in [0.4, 0.5) is 4.39 Å². The topological polar surface area (TPSA) is 84.9 Å². The fourth-order valence-corrected chi connectivity index (χ4v) is 4.62. The number of methoxy groups -OCH3 is 1. The third kappa shape index (κ3) is 5.93. The summed E-state index contributed by atoms with van der Waals surface area (Å²) in [6.07, 6.45) is 2.99. The molecule has 1 unspecified atom stereocenters. The summed E-state index contributed by atoms with van der Waals surface area (Å²) in [5.74, 6) is -0.685. The lowest BCUT2D eigenvalue weighted by atomic mass is 10.1. The fraction of sp³-hybridized carbons (Fsp3) is 0.348. The van der Waals surface area contributed by atoms with Crippen LogP contribution in [0.15, 0.2) is 60.0 Å². The summed E-state index contributed by atoms with van der Waals surface area (Å²) < 4.78 is 52.4. The van der Waals surface area contributed by atoms with Crippen LogP contribution in [0, 0.1) is 5.82 Å². The molecular weight excluding hydrogens is 435 g/mol. The van der Waals surface area contributed by atoms with Crippen LogP contribution >= 0.6 is 0 Å². The molecular formula is C23H27FN2O5S. The second kappa shape index (κ2) is 10.7. The van der Waals surface area contributed by atoms with E-state index in [0.29, 0.717) is 18.9 Å². The first-order valence-electron chi connectivity index (χ1n) is 10.3. The Bertz CT molecular complexity index is 1070. The highest BCUT2D eigenvalue weighted by Gasteiger charge is 2.26. The number of nitrogens with zero attached hydrogens (tertiary/aromatic N) is 1. The number of benzene rings is 2. The largest absolute Gasteiger partial charge is 0.497 e. The number of halogens is 1. The number of hydrogen-bond donors (Lipinski definition) is 1. The van der Waals surface area contributed by atoms with Gasteiger partial charge in [-0.1, -0.05) is 18.2 Å². The van der Waals surface area contributed by atoms with Crippen LogP contribution in [0.5, 0.6) is 5.75 Å². The summed E-state index contributed by atoms with van der Waals surface area (Å²) in [4.78, 5) is 14.4. The molecule has 0 saturated carbocycles. The summed E-state index contributed by atoms with van der Waals surface area (Å²) in [6, 6.07) is 10.7. The maximum absolute atomic E-state index is 14.3. The van der Waals surface area contributed by atoms with E-state index in [2.05, 4.69) is 11.3 Å². The van der Waals surface area contributed by atoms with Crippen molar-refractivity contribution in [2.45, 2.75) is 30.4 Å². The van der Waals surface area contributed by atoms with E-state index in [1.54, 1.807) is 12.0 Å². The fourth-order valence-electron chi connectivity index (χ4n) is 3.52. The molecule has 0 spiro atoms. The third-order valence-corrected chi connectivity index (χ3v) is 6.57. The molecule has 7 nitrogen and oxygen atoms in total. The van der Waals surface area contributed by atoms with Crippen molar-refractivity contribution in [2.24, 2.45) is 0 Å². The Morgan fingerprint density at radius 2 is 2.16 bits per heavy atom. The molecule has 1 amide bonds.